The van der Waals surface area contributed by atoms with Crippen LogP contribution >= 0.6 is 0 Å². The Morgan fingerprint density at radius 1 is 1.20 bits per heavy atom. The van der Waals surface area contributed by atoms with E-state index in [2.05, 4.69) is 6.07 Å². The summed E-state index contributed by atoms with van der Waals surface area (Å²) in [6.07, 6.45) is 6.74. The molecule has 2 nitrogen and oxygen atoms in total. The molecular weight excluding hydrogens is 124 g/mol. The quantitative estimate of drug-likeness (QED) is 0.495. The normalized spacial score (nSPS) is 18.2. The second-order valence-electron chi connectivity index (χ2n) is 1.94. The highest BCUT2D eigenvalue weighted by atomic mass is 14.3. The molecule has 0 saturated heterocycles. The molecule has 1 aliphatic rings. The number of rotatable bonds is 0. The third kappa shape index (κ3) is 1.24. The zero-order valence-electron chi connectivity index (χ0n) is 5.28. The first-order valence-corrected chi connectivity index (χ1v) is 2.90. The minimum Gasteiger partial charge on any atom is -0.197 e. The highest BCUT2D eigenvalue weighted by molar-refractivity contribution is 5.40. The molecule has 0 amide bonds. The Hall–Kier alpha value is -1.54. The SMILES string of the molecule is N#C[C]1C=CC(C#N)C=C1. The van der Waals surface area contributed by atoms with Crippen molar-refractivity contribution in [1.82, 2.24) is 0 Å². The molecule has 1 radical (unpaired) electrons. The summed E-state index contributed by atoms with van der Waals surface area (Å²) >= 11 is 0. The average Bonchev–Trinajstić information content (AvgIpc) is 2.05. The standard InChI is InChI=1S/C8H5N2/c9-5-7-1-2-8(6-10)4-3-7/h1-4,7H. The highest BCUT2D eigenvalue weighted by Gasteiger charge is 2.06. The molecule has 0 saturated carbocycles. The van der Waals surface area contributed by atoms with Crippen molar-refractivity contribution in [2.24, 2.45) is 5.92 Å². The zero-order chi connectivity index (χ0) is 7.40. The van der Waals surface area contributed by atoms with Crippen LogP contribution in [0.1, 0.15) is 0 Å². The van der Waals surface area contributed by atoms with E-state index in [1.807, 2.05) is 6.07 Å². The van der Waals surface area contributed by atoms with Crippen LogP contribution in [-0.2, 0) is 0 Å². The molecule has 0 aliphatic heterocycles. The third-order valence-corrected chi connectivity index (χ3v) is 1.24. The summed E-state index contributed by atoms with van der Waals surface area (Å²) in [7, 11) is 0. The molecule has 0 bridgehead atoms. The molecule has 2 heteroatoms. The van der Waals surface area contributed by atoms with Crippen molar-refractivity contribution >= 4 is 0 Å². The van der Waals surface area contributed by atoms with Crippen LogP contribution in [0.2, 0.25) is 0 Å². The Labute approximate surface area is 59.7 Å². The van der Waals surface area contributed by atoms with E-state index in [-0.39, 0.29) is 5.92 Å². The fraction of sp³-hybridized carbons (Fsp3) is 0.125. The minimum atomic E-state index is -0.155. The maximum Gasteiger partial charge on any atom is 0.119 e. The van der Waals surface area contributed by atoms with Crippen molar-refractivity contribution in [3.05, 3.63) is 30.2 Å². The molecular formula is C8H5N2. The van der Waals surface area contributed by atoms with E-state index in [0.29, 0.717) is 5.92 Å². The van der Waals surface area contributed by atoms with Crippen molar-refractivity contribution < 1.29 is 0 Å². The van der Waals surface area contributed by atoms with Crippen LogP contribution < -0.4 is 0 Å². The van der Waals surface area contributed by atoms with Gasteiger partial charge >= 0.3 is 0 Å². The van der Waals surface area contributed by atoms with Gasteiger partial charge in [-0.15, -0.1) is 0 Å². The summed E-state index contributed by atoms with van der Waals surface area (Å²) in [5, 5.41) is 16.8. The molecule has 1 rings (SSSR count). The molecule has 0 aromatic rings. The lowest BCUT2D eigenvalue weighted by Gasteiger charge is -2.02. The van der Waals surface area contributed by atoms with Gasteiger partial charge in [0.05, 0.1) is 18.1 Å². The van der Waals surface area contributed by atoms with Gasteiger partial charge in [0.1, 0.15) is 5.92 Å². The smallest absolute Gasteiger partial charge is 0.119 e. The Morgan fingerprint density at radius 2 is 1.80 bits per heavy atom. The molecule has 0 unspecified atom stereocenters. The van der Waals surface area contributed by atoms with E-state index in [4.69, 9.17) is 10.5 Å². The lowest BCUT2D eigenvalue weighted by molar-refractivity contribution is 1.05. The summed E-state index contributed by atoms with van der Waals surface area (Å²) in [6, 6.07) is 4.03. The average molecular weight is 129 g/mol. The van der Waals surface area contributed by atoms with Gasteiger partial charge in [0.25, 0.3) is 0 Å². The van der Waals surface area contributed by atoms with Gasteiger partial charge in [-0.1, -0.05) is 24.3 Å². The van der Waals surface area contributed by atoms with Crippen LogP contribution in [0.25, 0.3) is 0 Å². The maximum absolute atomic E-state index is 8.41. The second-order valence-corrected chi connectivity index (χ2v) is 1.94. The van der Waals surface area contributed by atoms with Crippen LogP contribution in [0.15, 0.2) is 24.3 Å². The summed E-state index contributed by atoms with van der Waals surface area (Å²) in [5.41, 5.74) is 0. The Bertz CT molecular complexity index is 209. The molecule has 0 fully saturated rings. The van der Waals surface area contributed by atoms with E-state index in [9.17, 15) is 0 Å². The van der Waals surface area contributed by atoms with Crippen molar-refractivity contribution in [2.45, 2.75) is 0 Å². The fourth-order valence-corrected chi connectivity index (χ4v) is 0.695. The summed E-state index contributed by atoms with van der Waals surface area (Å²) in [5.74, 6) is 0.448. The fourth-order valence-electron chi connectivity index (χ4n) is 0.695. The lowest BCUT2D eigenvalue weighted by atomic mass is 9.98. The van der Waals surface area contributed by atoms with Crippen LogP contribution in [0.3, 0.4) is 0 Å². The molecule has 0 N–H and O–H groups in total. The number of nitriles is 2. The molecule has 0 aromatic heterocycles. The minimum absolute atomic E-state index is 0.155. The lowest BCUT2D eigenvalue weighted by Crippen LogP contribution is -1.95. The number of nitrogens with zero attached hydrogens (tertiary/aromatic N) is 2. The molecule has 10 heavy (non-hydrogen) atoms. The Balaban J connectivity index is 2.66. The van der Waals surface area contributed by atoms with Crippen molar-refractivity contribution in [3.8, 4) is 12.1 Å². The van der Waals surface area contributed by atoms with Crippen molar-refractivity contribution in [1.29, 1.82) is 10.5 Å². The second kappa shape index (κ2) is 2.85. The molecule has 1 aliphatic carbocycles. The van der Waals surface area contributed by atoms with Gasteiger partial charge in [0.15, 0.2) is 0 Å². The van der Waals surface area contributed by atoms with Gasteiger partial charge in [0, 0.05) is 0 Å². The predicted molar refractivity (Wildman–Crippen MR) is 36.2 cm³/mol. The first kappa shape index (κ1) is 6.58. The van der Waals surface area contributed by atoms with Crippen LogP contribution in [0.5, 0.6) is 0 Å². The zero-order valence-corrected chi connectivity index (χ0v) is 5.28. The number of allylic oxidation sites excluding steroid dienone is 4. The largest absolute Gasteiger partial charge is 0.197 e. The summed E-state index contributed by atoms with van der Waals surface area (Å²) < 4.78 is 0. The monoisotopic (exact) mass is 129 g/mol. The van der Waals surface area contributed by atoms with Crippen molar-refractivity contribution in [3.63, 3.8) is 0 Å². The topological polar surface area (TPSA) is 47.6 Å². The summed E-state index contributed by atoms with van der Waals surface area (Å²) in [4.78, 5) is 0. The molecule has 0 aromatic carbocycles. The number of hydrogen-bond donors (Lipinski definition) is 0. The van der Waals surface area contributed by atoms with Gasteiger partial charge in [0.2, 0.25) is 0 Å². The van der Waals surface area contributed by atoms with E-state index in [0.717, 1.165) is 0 Å². The van der Waals surface area contributed by atoms with E-state index in [1.54, 1.807) is 24.3 Å². The van der Waals surface area contributed by atoms with Gasteiger partial charge in [-0.05, 0) is 0 Å². The van der Waals surface area contributed by atoms with Gasteiger partial charge in [-0.25, -0.2) is 0 Å². The molecule has 0 spiro atoms. The molecule has 0 heterocycles. The van der Waals surface area contributed by atoms with Crippen LogP contribution in [0, 0.1) is 34.5 Å². The maximum atomic E-state index is 8.41. The van der Waals surface area contributed by atoms with E-state index < -0.39 is 0 Å². The van der Waals surface area contributed by atoms with Crippen LogP contribution in [-0.4, -0.2) is 0 Å². The first-order chi connectivity index (χ1) is 4.86. The van der Waals surface area contributed by atoms with Crippen molar-refractivity contribution in [2.75, 3.05) is 0 Å². The number of hydrogen-bond acceptors (Lipinski definition) is 2. The highest BCUT2D eigenvalue weighted by Crippen LogP contribution is 2.13. The van der Waals surface area contributed by atoms with Gasteiger partial charge in [-0.3, -0.25) is 0 Å². The summed E-state index contributed by atoms with van der Waals surface area (Å²) in [6.45, 7) is 0. The van der Waals surface area contributed by atoms with E-state index in [1.165, 1.54) is 0 Å². The Morgan fingerprint density at radius 3 is 2.20 bits per heavy atom. The molecule has 47 valence electrons. The Kier molecular flexibility index (Phi) is 1.87. The molecule has 0 atom stereocenters. The third-order valence-electron chi connectivity index (χ3n) is 1.24. The van der Waals surface area contributed by atoms with Gasteiger partial charge < -0.3 is 0 Å². The van der Waals surface area contributed by atoms with Gasteiger partial charge in [-0.2, -0.15) is 10.5 Å². The first-order valence-electron chi connectivity index (χ1n) is 2.90. The van der Waals surface area contributed by atoms with E-state index >= 15 is 0 Å². The van der Waals surface area contributed by atoms with Crippen LogP contribution in [0.4, 0.5) is 0 Å². The predicted octanol–water partition coefficient (Wildman–Crippen LogP) is 1.35.